The van der Waals surface area contributed by atoms with E-state index >= 15 is 0 Å². The second kappa shape index (κ2) is 9.73. The van der Waals surface area contributed by atoms with Gasteiger partial charge in [0.15, 0.2) is 5.82 Å². The molecule has 2 amide bonds. The number of fused-ring (bicyclic) bond motifs is 1. The highest BCUT2D eigenvalue weighted by atomic mass is 16.2. The molecule has 0 aliphatic carbocycles. The number of anilines is 1. The van der Waals surface area contributed by atoms with Gasteiger partial charge in [-0.1, -0.05) is 0 Å². The van der Waals surface area contributed by atoms with Crippen molar-refractivity contribution in [1.82, 2.24) is 24.7 Å². The predicted molar refractivity (Wildman–Crippen MR) is 124 cm³/mol. The normalized spacial score (nSPS) is 22.7. The van der Waals surface area contributed by atoms with Crippen molar-refractivity contribution in [2.24, 2.45) is 5.92 Å². The lowest BCUT2D eigenvalue weighted by Gasteiger charge is -2.40. The van der Waals surface area contributed by atoms with E-state index in [9.17, 15) is 9.59 Å². The van der Waals surface area contributed by atoms with E-state index in [1.807, 2.05) is 11.9 Å². The summed E-state index contributed by atoms with van der Waals surface area (Å²) in [4.78, 5) is 41.6. The predicted octanol–water partition coefficient (Wildman–Crippen LogP) is 2.60. The Morgan fingerprint density at radius 2 is 1.78 bits per heavy atom. The Kier molecular flexibility index (Phi) is 6.98. The van der Waals surface area contributed by atoms with Gasteiger partial charge in [0.25, 0.3) is 0 Å². The summed E-state index contributed by atoms with van der Waals surface area (Å²) < 4.78 is 0. The van der Waals surface area contributed by atoms with Gasteiger partial charge < -0.3 is 20.0 Å². The first-order valence-corrected chi connectivity index (χ1v) is 12.3. The molecule has 2 saturated heterocycles. The van der Waals surface area contributed by atoms with Crippen molar-refractivity contribution in [3.05, 3.63) is 17.1 Å². The number of nitrogens with one attached hydrogen (secondary N) is 1. The molecule has 3 aliphatic heterocycles. The second-order valence-electron chi connectivity index (χ2n) is 9.74. The number of aromatic nitrogens is 2. The zero-order valence-corrected chi connectivity index (χ0v) is 20.1. The minimum Gasteiger partial charge on any atom is -0.373 e. The third-order valence-electron chi connectivity index (χ3n) is 7.45. The lowest BCUT2D eigenvalue weighted by molar-refractivity contribution is -0.141. The van der Waals surface area contributed by atoms with E-state index in [0.29, 0.717) is 19.1 Å². The van der Waals surface area contributed by atoms with Crippen LogP contribution in [0.1, 0.15) is 76.0 Å². The van der Waals surface area contributed by atoms with Crippen LogP contribution in [-0.2, 0) is 22.6 Å². The average molecular weight is 443 g/mol. The molecule has 0 bridgehead atoms. The van der Waals surface area contributed by atoms with Crippen LogP contribution >= 0.6 is 0 Å². The molecule has 1 aromatic rings. The second-order valence-corrected chi connectivity index (χ2v) is 9.74. The number of piperidine rings is 2. The van der Waals surface area contributed by atoms with Gasteiger partial charge in [0, 0.05) is 51.0 Å². The van der Waals surface area contributed by atoms with Crippen LogP contribution in [0.5, 0.6) is 0 Å². The van der Waals surface area contributed by atoms with Crippen LogP contribution in [0.15, 0.2) is 0 Å². The molecule has 0 radical (unpaired) electrons. The van der Waals surface area contributed by atoms with E-state index in [2.05, 4.69) is 29.0 Å². The molecule has 8 nitrogen and oxygen atoms in total. The third kappa shape index (κ3) is 4.60. The largest absolute Gasteiger partial charge is 0.373 e. The Morgan fingerprint density at radius 1 is 1.03 bits per heavy atom. The molecule has 0 saturated carbocycles. The summed E-state index contributed by atoms with van der Waals surface area (Å²) >= 11 is 0. The number of hydrogen-bond donors (Lipinski definition) is 1. The van der Waals surface area contributed by atoms with Crippen LogP contribution in [0.3, 0.4) is 0 Å². The standard InChI is InChI=1S/C24H38N6O2/c1-16(2)28-12-8-18(9-13-28)24(32)30-11-6-5-7-21(30)23-26-20-10-14-29(17(3)31)15-19(20)22(25-4)27-23/h16,18,21H,5-15H2,1-4H3,(H,25,26,27)/t21-/m1/s1. The van der Waals surface area contributed by atoms with Crippen LogP contribution in [0.25, 0.3) is 0 Å². The summed E-state index contributed by atoms with van der Waals surface area (Å²) in [7, 11) is 1.87. The molecule has 2 fully saturated rings. The number of amides is 2. The maximum absolute atomic E-state index is 13.6. The van der Waals surface area contributed by atoms with Gasteiger partial charge >= 0.3 is 0 Å². The number of carbonyl (C=O) groups is 2. The highest BCUT2D eigenvalue weighted by Gasteiger charge is 2.36. The molecule has 1 atom stereocenters. The van der Waals surface area contributed by atoms with Crippen LogP contribution in [0.2, 0.25) is 0 Å². The third-order valence-corrected chi connectivity index (χ3v) is 7.45. The fraction of sp³-hybridized carbons (Fsp3) is 0.750. The summed E-state index contributed by atoms with van der Waals surface area (Å²) in [6.07, 6.45) is 5.66. The fourth-order valence-corrected chi connectivity index (χ4v) is 5.42. The monoisotopic (exact) mass is 442 g/mol. The molecule has 0 unspecified atom stereocenters. The number of carbonyl (C=O) groups excluding carboxylic acids is 2. The number of hydrogen-bond acceptors (Lipinski definition) is 6. The minimum atomic E-state index is -0.0531. The van der Waals surface area contributed by atoms with Gasteiger partial charge in [0.05, 0.1) is 18.3 Å². The zero-order valence-electron chi connectivity index (χ0n) is 20.1. The SMILES string of the molecule is CNc1nc([C@H]2CCCCN2C(=O)C2CCN(C(C)C)CC2)nc2c1CN(C(C)=O)CC2. The number of rotatable bonds is 4. The summed E-state index contributed by atoms with van der Waals surface area (Å²) in [6.45, 7) is 10.1. The first kappa shape index (κ1) is 23.0. The lowest BCUT2D eigenvalue weighted by atomic mass is 9.91. The molecule has 32 heavy (non-hydrogen) atoms. The first-order chi connectivity index (χ1) is 15.4. The summed E-state index contributed by atoms with van der Waals surface area (Å²) in [5, 5.41) is 3.22. The summed E-state index contributed by atoms with van der Waals surface area (Å²) in [6, 6.07) is 0.485. The van der Waals surface area contributed by atoms with Gasteiger partial charge in [-0.3, -0.25) is 9.59 Å². The van der Waals surface area contributed by atoms with Gasteiger partial charge in [-0.15, -0.1) is 0 Å². The molecule has 0 spiro atoms. The molecule has 4 heterocycles. The summed E-state index contributed by atoms with van der Waals surface area (Å²) in [5.41, 5.74) is 2.02. The topological polar surface area (TPSA) is 81.7 Å². The zero-order chi connectivity index (χ0) is 22.8. The van der Waals surface area contributed by atoms with Gasteiger partial charge in [-0.25, -0.2) is 9.97 Å². The highest BCUT2D eigenvalue weighted by molar-refractivity contribution is 5.79. The Bertz CT molecular complexity index is 832. The van der Waals surface area contributed by atoms with Crippen LogP contribution in [-0.4, -0.2) is 75.8 Å². The Morgan fingerprint density at radius 3 is 2.44 bits per heavy atom. The fourth-order valence-electron chi connectivity index (χ4n) is 5.42. The van der Waals surface area contributed by atoms with Crippen molar-refractivity contribution in [2.45, 2.75) is 77.9 Å². The van der Waals surface area contributed by atoms with Crippen molar-refractivity contribution >= 4 is 17.6 Å². The minimum absolute atomic E-state index is 0.0531. The first-order valence-electron chi connectivity index (χ1n) is 12.3. The molecule has 0 aromatic carbocycles. The van der Waals surface area contributed by atoms with E-state index in [1.54, 1.807) is 6.92 Å². The quantitative estimate of drug-likeness (QED) is 0.772. The molecule has 176 valence electrons. The Balaban J connectivity index is 1.55. The molecule has 3 aliphatic rings. The van der Waals surface area contributed by atoms with E-state index in [1.165, 1.54) is 0 Å². The van der Waals surface area contributed by atoms with Gasteiger partial charge in [0.2, 0.25) is 11.8 Å². The summed E-state index contributed by atoms with van der Waals surface area (Å²) in [5.74, 6) is 2.02. The van der Waals surface area contributed by atoms with Crippen molar-refractivity contribution in [3.8, 4) is 0 Å². The molecule has 4 rings (SSSR count). The van der Waals surface area contributed by atoms with E-state index in [-0.39, 0.29) is 23.8 Å². The number of likely N-dealkylation sites (tertiary alicyclic amines) is 2. The van der Waals surface area contributed by atoms with E-state index in [0.717, 1.165) is 81.1 Å². The molecular weight excluding hydrogens is 404 g/mol. The number of nitrogens with zero attached hydrogens (tertiary/aromatic N) is 5. The average Bonchev–Trinajstić information content (AvgIpc) is 2.82. The maximum atomic E-state index is 13.6. The lowest BCUT2D eigenvalue weighted by Crippen LogP contribution is -2.47. The Hall–Kier alpha value is -2.22. The Labute approximate surface area is 191 Å². The molecule has 1 N–H and O–H groups in total. The molecular formula is C24H38N6O2. The van der Waals surface area contributed by atoms with E-state index < -0.39 is 0 Å². The van der Waals surface area contributed by atoms with Crippen molar-refractivity contribution in [2.75, 3.05) is 38.5 Å². The molecule has 1 aromatic heterocycles. The molecule has 8 heteroatoms. The van der Waals surface area contributed by atoms with Crippen LogP contribution < -0.4 is 5.32 Å². The smallest absolute Gasteiger partial charge is 0.226 e. The van der Waals surface area contributed by atoms with Gasteiger partial charge in [-0.05, 0) is 59.0 Å². The van der Waals surface area contributed by atoms with Crippen LogP contribution in [0.4, 0.5) is 5.82 Å². The van der Waals surface area contributed by atoms with Crippen LogP contribution in [0, 0.1) is 5.92 Å². The van der Waals surface area contributed by atoms with Crippen molar-refractivity contribution < 1.29 is 9.59 Å². The van der Waals surface area contributed by atoms with Gasteiger partial charge in [0.1, 0.15) is 5.82 Å². The van der Waals surface area contributed by atoms with Crippen molar-refractivity contribution in [3.63, 3.8) is 0 Å². The van der Waals surface area contributed by atoms with Crippen molar-refractivity contribution in [1.29, 1.82) is 0 Å². The van der Waals surface area contributed by atoms with Gasteiger partial charge in [-0.2, -0.15) is 0 Å². The van der Waals surface area contributed by atoms with E-state index in [4.69, 9.17) is 9.97 Å². The highest BCUT2D eigenvalue weighted by Crippen LogP contribution is 2.34. The maximum Gasteiger partial charge on any atom is 0.226 e.